The topological polar surface area (TPSA) is 73.6 Å². The summed E-state index contributed by atoms with van der Waals surface area (Å²) in [7, 11) is 0. The highest BCUT2D eigenvalue weighted by molar-refractivity contribution is 5.94. The van der Waals surface area contributed by atoms with Crippen LogP contribution in [-0.4, -0.2) is 48.3 Å². The Morgan fingerprint density at radius 3 is 2.86 bits per heavy atom. The van der Waals surface area contributed by atoms with Crippen molar-refractivity contribution in [1.29, 1.82) is 5.26 Å². The number of benzene rings is 1. The summed E-state index contributed by atoms with van der Waals surface area (Å²) < 4.78 is 5.22. The van der Waals surface area contributed by atoms with Gasteiger partial charge in [-0.15, -0.1) is 0 Å². The standard InChI is InChI=1S/C16H16N2O3/c17-11-15-12-18(8-10-21-15)16(20)14-6-4-13(5-7-14)3-1-2-9-19/h4-7,15,19H,2,8-10,12H2. The number of rotatable bonds is 2. The van der Waals surface area contributed by atoms with Gasteiger partial charge < -0.3 is 14.7 Å². The molecule has 1 aromatic carbocycles. The number of aliphatic hydroxyl groups is 1. The maximum absolute atomic E-state index is 12.3. The molecule has 1 heterocycles. The van der Waals surface area contributed by atoms with E-state index in [1.54, 1.807) is 29.2 Å². The molecule has 0 bridgehead atoms. The van der Waals surface area contributed by atoms with E-state index in [1.807, 2.05) is 6.07 Å². The molecule has 0 aromatic heterocycles. The average molecular weight is 284 g/mol. The van der Waals surface area contributed by atoms with Crippen LogP contribution in [0.25, 0.3) is 0 Å². The zero-order valence-electron chi connectivity index (χ0n) is 11.6. The minimum atomic E-state index is -0.550. The van der Waals surface area contributed by atoms with Crippen molar-refractivity contribution < 1.29 is 14.6 Å². The number of carbonyl (C=O) groups excluding carboxylic acids is 1. The average Bonchev–Trinajstić information content (AvgIpc) is 2.55. The summed E-state index contributed by atoms with van der Waals surface area (Å²) >= 11 is 0. The first-order valence-electron chi connectivity index (χ1n) is 6.75. The van der Waals surface area contributed by atoms with Gasteiger partial charge in [0.2, 0.25) is 0 Å². The second-order valence-electron chi connectivity index (χ2n) is 4.59. The largest absolute Gasteiger partial charge is 0.395 e. The molecule has 5 heteroatoms. The Morgan fingerprint density at radius 2 is 2.19 bits per heavy atom. The van der Waals surface area contributed by atoms with Crippen LogP contribution >= 0.6 is 0 Å². The van der Waals surface area contributed by atoms with Gasteiger partial charge >= 0.3 is 0 Å². The van der Waals surface area contributed by atoms with Crippen LogP contribution in [0.15, 0.2) is 24.3 Å². The highest BCUT2D eigenvalue weighted by Gasteiger charge is 2.24. The van der Waals surface area contributed by atoms with Crippen LogP contribution in [0.2, 0.25) is 0 Å². The quantitative estimate of drug-likeness (QED) is 0.815. The smallest absolute Gasteiger partial charge is 0.254 e. The molecule has 2 rings (SSSR count). The minimum absolute atomic E-state index is 0.0423. The fourth-order valence-corrected chi connectivity index (χ4v) is 2.01. The summed E-state index contributed by atoms with van der Waals surface area (Å²) in [5.41, 5.74) is 1.37. The predicted molar refractivity (Wildman–Crippen MR) is 76.3 cm³/mol. The molecule has 1 atom stereocenters. The van der Waals surface area contributed by atoms with Crippen molar-refractivity contribution in [3.63, 3.8) is 0 Å². The predicted octanol–water partition coefficient (Wildman–Crippen LogP) is 0.785. The molecule has 0 radical (unpaired) electrons. The number of ether oxygens (including phenoxy) is 1. The summed E-state index contributed by atoms with van der Waals surface area (Å²) in [6.07, 6.45) is -0.115. The Morgan fingerprint density at radius 1 is 1.43 bits per heavy atom. The Bertz CT molecular complexity index is 593. The maximum atomic E-state index is 12.3. The SMILES string of the molecule is N#CC1CN(C(=O)c2ccc(C#CCCO)cc2)CCO1. The summed E-state index contributed by atoms with van der Waals surface area (Å²) in [4.78, 5) is 14.0. The molecule has 1 unspecified atom stereocenters. The first-order chi connectivity index (χ1) is 10.2. The summed E-state index contributed by atoms with van der Waals surface area (Å²) in [5.74, 6) is 5.64. The van der Waals surface area contributed by atoms with Crippen molar-refractivity contribution in [2.24, 2.45) is 0 Å². The molecule has 0 saturated carbocycles. The van der Waals surface area contributed by atoms with Gasteiger partial charge in [-0.1, -0.05) is 11.8 Å². The highest BCUT2D eigenvalue weighted by atomic mass is 16.5. The lowest BCUT2D eigenvalue weighted by atomic mass is 10.1. The molecule has 108 valence electrons. The van der Waals surface area contributed by atoms with E-state index in [9.17, 15) is 4.79 Å². The minimum Gasteiger partial charge on any atom is -0.395 e. The molecule has 1 aliphatic heterocycles. The van der Waals surface area contributed by atoms with Crippen molar-refractivity contribution in [3.8, 4) is 17.9 Å². The fraction of sp³-hybridized carbons (Fsp3) is 0.375. The van der Waals surface area contributed by atoms with Crippen LogP contribution in [0, 0.1) is 23.2 Å². The highest BCUT2D eigenvalue weighted by Crippen LogP contribution is 2.11. The lowest BCUT2D eigenvalue weighted by Crippen LogP contribution is -2.45. The van der Waals surface area contributed by atoms with Gasteiger partial charge in [0.15, 0.2) is 6.10 Å². The first kappa shape index (κ1) is 15.1. The van der Waals surface area contributed by atoms with Crippen LogP contribution in [0.1, 0.15) is 22.3 Å². The molecule has 1 amide bonds. The lowest BCUT2D eigenvalue weighted by molar-refractivity contribution is 0.00347. The van der Waals surface area contributed by atoms with Gasteiger partial charge in [-0.25, -0.2) is 0 Å². The van der Waals surface area contributed by atoms with Crippen molar-refractivity contribution in [2.75, 3.05) is 26.3 Å². The monoisotopic (exact) mass is 284 g/mol. The zero-order chi connectivity index (χ0) is 15.1. The number of carbonyl (C=O) groups is 1. The number of amides is 1. The third kappa shape index (κ3) is 4.06. The molecule has 0 spiro atoms. The number of hydrogen-bond donors (Lipinski definition) is 1. The van der Waals surface area contributed by atoms with Crippen molar-refractivity contribution in [2.45, 2.75) is 12.5 Å². The van der Waals surface area contributed by atoms with Gasteiger partial charge in [0.05, 0.1) is 25.8 Å². The van der Waals surface area contributed by atoms with Crippen LogP contribution in [0.3, 0.4) is 0 Å². The molecular weight excluding hydrogens is 268 g/mol. The second kappa shape index (κ2) is 7.44. The fourth-order valence-electron chi connectivity index (χ4n) is 2.01. The van der Waals surface area contributed by atoms with E-state index >= 15 is 0 Å². The molecule has 0 aliphatic carbocycles. The molecule has 1 N–H and O–H groups in total. The van der Waals surface area contributed by atoms with Crippen molar-refractivity contribution in [3.05, 3.63) is 35.4 Å². The summed E-state index contributed by atoms with van der Waals surface area (Å²) in [5, 5.41) is 17.5. The molecular formula is C16H16N2O3. The Hall–Kier alpha value is -2.34. The molecule has 1 aliphatic rings. The number of morpholine rings is 1. The van der Waals surface area contributed by atoms with Gasteiger partial charge in [-0.05, 0) is 24.3 Å². The molecule has 1 aromatic rings. The van der Waals surface area contributed by atoms with Gasteiger partial charge in [-0.2, -0.15) is 5.26 Å². The van der Waals surface area contributed by atoms with Crippen LogP contribution in [0.4, 0.5) is 0 Å². The van der Waals surface area contributed by atoms with E-state index in [0.29, 0.717) is 31.7 Å². The molecule has 5 nitrogen and oxygen atoms in total. The summed E-state index contributed by atoms with van der Waals surface area (Å²) in [6, 6.07) is 9.03. The normalized spacial score (nSPS) is 17.5. The van der Waals surface area contributed by atoms with Crippen LogP contribution in [-0.2, 0) is 4.74 Å². The molecule has 1 fully saturated rings. The Balaban J connectivity index is 2.03. The third-order valence-corrected chi connectivity index (χ3v) is 3.10. The van der Waals surface area contributed by atoms with Gasteiger partial charge in [-0.3, -0.25) is 4.79 Å². The van der Waals surface area contributed by atoms with E-state index in [4.69, 9.17) is 15.1 Å². The van der Waals surface area contributed by atoms with E-state index in [0.717, 1.165) is 5.56 Å². The van der Waals surface area contributed by atoms with Gasteiger partial charge in [0, 0.05) is 24.1 Å². The van der Waals surface area contributed by atoms with E-state index in [1.165, 1.54) is 0 Å². The molecule has 1 saturated heterocycles. The van der Waals surface area contributed by atoms with Gasteiger partial charge in [0.1, 0.15) is 0 Å². The Kier molecular flexibility index (Phi) is 5.34. The van der Waals surface area contributed by atoms with E-state index in [2.05, 4.69) is 11.8 Å². The second-order valence-corrected chi connectivity index (χ2v) is 4.59. The summed E-state index contributed by atoms with van der Waals surface area (Å²) in [6.45, 7) is 1.22. The van der Waals surface area contributed by atoms with Gasteiger partial charge in [0.25, 0.3) is 5.91 Å². The van der Waals surface area contributed by atoms with E-state index in [-0.39, 0.29) is 12.5 Å². The van der Waals surface area contributed by atoms with Crippen LogP contribution < -0.4 is 0 Å². The van der Waals surface area contributed by atoms with Crippen molar-refractivity contribution in [1.82, 2.24) is 4.90 Å². The Labute approximate surface area is 123 Å². The maximum Gasteiger partial charge on any atom is 0.254 e. The number of nitrogens with zero attached hydrogens (tertiary/aromatic N) is 2. The number of hydrogen-bond acceptors (Lipinski definition) is 4. The number of nitriles is 1. The number of aliphatic hydroxyl groups excluding tert-OH is 1. The van der Waals surface area contributed by atoms with E-state index < -0.39 is 6.10 Å². The van der Waals surface area contributed by atoms with Crippen molar-refractivity contribution >= 4 is 5.91 Å². The third-order valence-electron chi connectivity index (χ3n) is 3.10. The zero-order valence-corrected chi connectivity index (χ0v) is 11.6. The molecule has 21 heavy (non-hydrogen) atoms. The van der Waals surface area contributed by atoms with Crippen LogP contribution in [0.5, 0.6) is 0 Å². The lowest BCUT2D eigenvalue weighted by Gasteiger charge is -2.29. The first-order valence-corrected chi connectivity index (χ1v) is 6.75.